The van der Waals surface area contributed by atoms with Gasteiger partial charge in [-0.15, -0.1) is 0 Å². The smallest absolute Gasteiger partial charge is 0.239 e. The SMILES string of the molecule is CC(N)C(=O)N1CCNC(=O)CC1C. The van der Waals surface area contributed by atoms with Crippen molar-refractivity contribution in [3.05, 3.63) is 0 Å². The molecular formula is C9H17N3O2. The molecule has 0 spiro atoms. The summed E-state index contributed by atoms with van der Waals surface area (Å²) in [4.78, 5) is 24.4. The van der Waals surface area contributed by atoms with Crippen molar-refractivity contribution in [3.8, 4) is 0 Å². The molecule has 0 aliphatic carbocycles. The third-order valence-corrected chi connectivity index (χ3v) is 2.36. The molecule has 2 unspecified atom stereocenters. The van der Waals surface area contributed by atoms with Crippen LogP contribution in [0.25, 0.3) is 0 Å². The van der Waals surface area contributed by atoms with Crippen LogP contribution in [0.3, 0.4) is 0 Å². The summed E-state index contributed by atoms with van der Waals surface area (Å²) >= 11 is 0. The van der Waals surface area contributed by atoms with Gasteiger partial charge in [-0.25, -0.2) is 0 Å². The Labute approximate surface area is 83.6 Å². The number of carbonyl (C=O) groups excluding carboxylic acids is 2. The van der Waals surface area contributed by atoms with Crippen LogP contribution < -0.4 is 11.1 Å². The minimum Gasteiger partial charge on any atom is -0.354 e. The predicted molar refractivity (Wildman–Crippen MR) is 52.5 cm³/mol. The van der Waals surface area contributed by atoms with Crippen LogP contribution in [0.4, 0.5) is 0 Å². The number of nitrogens with one attached hydrogen (secondary N) is 1. The van der Waals surface area contributed by atoms with Gasteiger partial charge in [0.2, 0.25) is 11.8 Å². The van der Waals surface area contributed by atoms with E-state index >= 15 is 0 Å². The largest absolute Gasteiger partial charge is 0.354 e. The van der Waals surface area contributed by atoms with Crippen molar-refractivity contribution in [1.82, 2.24) is 10.2 Å². The first-order valence-corrected chi connectivity index (χ1v) is 4.85. The molecule has 5 heteroatoms. The standard InChI is InChI=1S/C9H17N3O2/c1-6-5-8(13)11-3-4-12(6)9(14)7(2)10/h6-7H,3-5,10H2,1-2H3,(H,11,13). The third kappa shape index (κ3) is 2.45. The van der Waals surface area contributed by atoms with Gasteiger partial charge >= 0.3 is 0 Å². The monoisotopic (exact) mass is 199 g/mol. The van der Waals surface area contributed by atoms with Crippen LogP contribution in [-0.2, 0) is 9.59 Å². The first-order chi connectivity index (χ1) is 6.52. The fourth-order valence-electron chi connectivity index (χ4n) is 1.58. The minimum absolute atomic E-state index is 0.00234. The van der Waals surface area contributed by atoms with Crippen LogP contribution in [0, 0.1) is 0 Å². The van der Waals surface area contributed by atoms with Crippen LogP contribution in [0.1, 0.15) is 20.3 Å². The molecule has 1 fully saturated rings. The highest BCUT2D eigenvalue weighted by Gasteiger charge is 2.26. The molecule has 1 rings (SSSR count). The molecule has 0 aromatic rings. The molecule has 0 radical (unpaired) electrons. The van der Waals surface area contributed by atoms with Crippen molar-refractivity contribution in [3.63, 3.8) is 0 Å². The van der Waals surface area contributed by atoms with E-state index in [1.807, 2.05) is 6.92 Å². The molecule has 2 atom stereocenters. The van der Waals surface area contributed by atoms with E-state index in [0.717, 1.165) is 0 Å². The Kier molecular flexibility index (Phi) is 3.46. The zero-order valence-electron chi connectivity index (χ0n) is 8.62. The van der Waals surface area contributed by atoms with Crippen molar-refractivity contribution < 1.29 is 9.59 Å². The lowest BCUT2D eigenvalue weighted by molar-refractivity contribution is -0.134. The lowest BCUT2D eigenvalue weighted by Gasteiger charge is -2.27. The predicted octanol–water partition coefficient (Wildman–Crippen LogP) is -0.929. The number of hydrogen-bond acceptors (Lipinski definition) is 3. The maximum absolute atomic E-state index is 11.6. The van der Waals surface area contributed by atoms with Crippen LogP contribution in [0.2, 0.25) is 0 Å². The highest BCUT2D eigenvalue weighted by Crippen LogP contribution is 2.08. The van der Waals surface area contributed by atoms with E-state index in [-0.39, 0.29) is 17.9 Å². The van der Waals surface area contributed by atoms with Crippen molar-refractivity contribution >= 4 is 11.8 Å². The Hall–Kier alpha value is -1.10. The molecule has 80 valence electrons. The maximum Gasteiger partial charge on any atom is 0.239 e. The van der Waals surface area contributed by atoms with Crippen molar-refractivity contribution in [2.45, 2.75) is 32.4 Å². The molecule has 1 saturated heterocycles. The molecule has 3 N–H and O–H groups in total. The summed E-state index contributed by atoms with van der Waals surface area (Å²) in [5, 5.41) is 2.73. The number of hydrogen-bond donors (Lipinski definition) is 2. The maximum atomic E-state index is 11.6. The Bertz CT molecular complexity index is 240. The quantitative estimate of drug-likeness (QED) is 0.573. The van der Waals surface area contributed by atoms with Crippen LogP contribution in [0.15, 0.2) is 0 Å². The van der Waals surface area contributed by atoms with Crippen LogP contribution >= 0.6 is 0 Å². The molecule has 0 aromatic carbocycles. The molecule has 14 heavy (non-hydrogen) atoms. The minimum atomic E-state index is -0.495. The van der Waals surface area contributed by atoms with Gasteiger partial charge in [0.25, 0.3) is 0 Å². The lowest BCUT2D eigenvalue weighted by atomic mass is 10.2. The van der Waals surface area contributed by atoms with E-state index in [4.69, 9.17) is 5.73 Å². The number of rotatable bonds is 1. The number of carbonyl (C=O) groups is 2. The Morgan fingerprint density at radius 3 is 2.93 bits per heavy atom. The fraction of sp³-hybridized carbons (Fsp3) is 0.778. The Morgan fingerprint density at radius 1 is 1.71 bits per heavy atom. The van der Waals surface area contributed by atoms with Gasteiger partial charge in [-0.3, -0.25) is 9.59 Å². The normalized spacial score (nSPS) is 25.2. The topological polar surface area (TPSA) is 75.4 Å². The zero-order valence-corrected chi connectivity index (χ0v) is 8.62. The summed E-state index contributed by atoms with van der Waals surface area (Å²) in [7, 11) is 0. The van der Waals surface area contributed by atoms with E-state index in [1.54, 1.807) is 11.8 Å². The van der Waals surface area contributed by atoms with E-state index in [2.05, 4.69) is 5.32 Å². The van der Waals surface area contributed by atoms with Gasteiger partial charge < -0.3 is 16.0 Å². The second-order valence-electron chi connectivity index (χ2n) is 3.72. The van der Waals surface area contributed by atoms with Gasteiger partial charge in [0.15, 0.2) is 0 Å². The highest BCUT2D eigenvalue weighted by atomic mass is 16.2. The van der Waals surface area contributed by atoms with Gasteiger partial charge in [-0.1, -0.05) is 0 Å². The summed E-state index contributed by atoms with van der Waals surface area (Å²) in [6.07, 6.45) is 0.360. The molecular weight excluding hydrogens is 182 g/mol. The van der Waals surface area contributed by atoms with Crippen molar-refractivity contribution in [2.24, 2.45) is 5.73 Å². The summed E-state index contributed by atoms with van der Waals surface area (Å²) in [6.45, 7) is 4.59. The molecule has 0 aromatic heterocycles. The first-order valence-electron chi connectivity index (χ1n) is 4.85. The summed E-state index contributed by atoms with van der Waals surface area (Å²) in [5.41, 5.74) is 5.52. The lowest BCUT2D eigenvalue weighted by Crippen LogP contribution is -2.47. The van der Waals surface area contributed by atoms with Gasteiger partial charge in [0.1, 0.15) is 0 Å². The molecule has 1 aliphatic heterocycles. The van der Waals surface area contributed by atoms with E-state index in [0.29, 0.717) is 19.5 Å². The Morgan fingerprint density at radius 2 is 2.36 bits per heavy atom. The van der Waals surface area contributed by atoms with E-state index in [1.165, 1.54) is 0 Å². The number of amides is 2. The molecule has 1 heterocycles. The average Bonchev–Trinajstić information content (AvgIpc) is 2.25. The second kappa shape index (κ2) is 4.41. The second-order valence-corrected chi connectivity index (χ2v) is 3.72. The fourth-order valence-corrected chi connectivity index (χ4v) is 1.58. The number of nitrogens with two attached hydrogens (primary N) is 1. The summed E-state index contributed by atoms with van der Waals surface area (Å²) in [6, 6.07) is -0.554. The Balaban J connectivity index is 2.67. The third-order valence-electron chi connectivity index (χ3n) is 2.36. The molecule has 1 aliphatic rings. The van der Waals surface area contributed by atoms with Gasteiger partial charge in [-0.05, 0) is 13.8 Å². The summed E-state index contributed by atoms with van der Waals surface area (Å²) < 4.78 is 0. The van der Waals surface area contributed by atoms with Crippen molar-refractivity contribution in [2.75, 3.05) is 13.1 Å². The average molecular weight is 199 g/mol. The van der Waals surface area contributed by atoms with Gasteiger partial charge in [0, 0.05) is 25.6 Å². The van der Waals surface area contributed by atoms with E-state index in [9.17, 15) is 9.59 Å². The molecule has 2 amide bonds. The van der Waals surface area contributed by atoms with Gasteiger partial charge in [-0.2, -0.15) is 0 Å². The zero-order chi connectivity index (χ0) is 10.7. The molecule has 0 saturated carbocycles. The highest BCUT2D eigenvalue weighted by molar-refractivity contribution is 5.83. The summed E-state index contributed by atoms with van der Waals surface area (Å²) in [5.74, 6) is -0.0912. The van der Waals surface area contributed by atoms with Crippen LogP contribution in [0.5, 0.6) is 0 Å². The molecule has 0 bridgehead atoms. The van der Waals surface area contributed by atoms with Crippen LogP contribution in [-0.4, -0.2) is 41.9 Å². The molecule has 5 nitrogen and oxygen atoms in total. The van der Waals surface area contributed by atoms with Crippen molar-refractivity contribution in [1.29, 1.82) is 0 Å². The van der Waals surface area contributed by atoms with Gasteiger partial charge in [0.05, 0.1) is 6.04 Å². The van der Waals surface area contributed by atoms with E-state index < -0.39 is 6.04 Å². The first kappa shape index (κ1) is 11.0. The number of nitrogens with zero attached hydrogens (tertiary/aromatic N) is 1.